The molecule has 0 amide bonds. The zero-order valence-electron chi connectivity index (χ0n) is 16.0. The van der Waals surface area contributed by atoms with E-state index in [0.29, 0.717) is 34.6 Å². The van der Waals surface area contributed by atoms with Crippen LogP contribution in [-0.4, -0.2) is 22.6 Å². The number of thioether (sulfide) groups is 1. The van der Waals surface area contributed by atoms with Gasteiger partial charge in [0.2, 0.25) is 0 Å². The molecule has 0 heterocycles. The predicted octanol–water partition coefficient (Wildman–Crippen LogP) is 5.21. The molecule has 0 bridgehead atoms. The van der Waals surface area contributed by atoms with Crippen molar-refractivity contribution in [3.8, 4) is 0 Å². The van der Waals surface area contributed by atoms with E-state index in [1.807, 2.05) is 6.08 Å². The molecular formula is C22H32O2S. The minimum Gasteiger partial charge on any atom is -0.299 e. The fourth-order valence-electron chi connectivity index (χ4n) is 6.72. The van der Waals surface area contributed by atoms with Crippen LogP contribution in [0.25, 0.3) is 0 Å². The highest BCUT2D eigenvalue weighted by Crippen LogP contribution is 2.65. The van der Waals surface area contributed by atoms with Gasteiger partial charge in [0, 0.05) is 29.4 Å². The van der Waals surface area contributed by atoms with Crippen molar-refractivity contribution in [1.82, 2.24) is 0 Å². The second-order valence-corrected chi connectivity index (χ2v) is 11.1. The van der Waals surface area contributed by atoms with Crippen LogP contribution in [0.1, 0.15) is 72.1 Å². The zero-order valence-corrected chi connectivity index (χ0v) is 16.8. The quantitative estimate of drug-likeness (QED) is 0.693. The Bertz CT molecular complexity index is 622. The SMILES string of the molecule is CC(C)SC[C@]12CCC(=O)C=C1CC[C@@H]1[C@@H]2CC[C@]2(C)C(=O)CC[C@@H]12. The Morgan fingerprint density at radius 1 is 1.08 bits per heavy atom. The summed E-state index contributed by atoms with van der Waals surface area (Å²) >= 11 is 2.08. The molecule has 3 saturated carbocycles. The van der Waals surface area contributed by atoms with Crippen LogP contribution in [0.3, 0.4) is 0 Å². The van der Waals surface area contributed by atoms with Crippen molar-refractivity contribution in [2.75, 3.05) is 5.75 Å². The number of carbonyl (C=O) groups is 2. The second kappa shape index (κ2) is 6.25. The van der Waals surface area contributed by atoms with E-state index >= 15 is 0 Å². The summed E-state index contributed by atoms with van der Waals surface area (Å²) in [4.78, 5) is 24.7. The Labute approximate surface area is 156 Å². The van der Waals surface area contributed by atoms with Gasteiger partial charge in [-0.3, -0.25) is 9.59 Å². The third-order valence-corrected chi connectivity index (χ3v) is 9.42. The maximum Gasteiger partial charge on any atom is 0.155 e. The van der Waals surface area contributed by atoms with Gasteiger partial charge in [0.05, 0.1) is 0 Å². The second-order valence-electron chi connectivity index (χ2n) is 9.49. The first-order chi connectivity index (χ1) is 11.9. The van der Waals surface area contributed by atoms with Crippen LogP contribution in [0.15, 0.2) is 11.6 Å². The van der Waals surface area contributed by atoms with Gasteiger partial charge in [-0.15, -0.1) is 0 Å². The number of fused-ring (bicyclic) bond motifs is 5. The summed E-state index contributed by atoms with van der Waals surface area (Å²) in [6.07, 6.45) is 10.3. The van der Waals surface area contributed by atoms with Crippen LogP contribution >= 0.6 is 11.8 Å². The molecule has 25 heavy (non-hydrogen) atoms. The lowest BCUT2D eigenvalue weighted by molar-refractivity contribution is -0.132. The monoisotopic (exact) mass is 360 g/mol. The summed E-state index contributed by atoms with van der Waals surface area (Å²) in [7, 11) is 0. The Morgan fingerprint density at radius 2 is 1.88 bits per heavy atom. The molecule has 0 spiro atoms. The Balaban J connectivity index is 1.69. The lowest BCUT2D eigenvalue weighted by Crippen LogP contribution is -2.52. The lowest BCUT2D eigenvalue weighted by Gasteiger charge is -2.58. The molecule has 2 nitrogen and oxygen atoms in total. The van der Waals surface area contributed by atoms with Crippen molar-refractivity contribution in [2.24, 2.45) is 28.6 Å². The molecule has 0 N–H and O–H groups in total. The maximum atomic E-state index is 12.6. The number of hydrogen-bond donors (Lipinski definition) is 0. The molecule has 0 radical (unpaired) electrons. The number of hydrogen-bond acceptors (Lipinski definition) is 3. The van der Waals surface area contributed by atoms with Gasteiger partial charge < -0.3 is 0 Å². The molecule has 0 saturated heterocycles. The van der Waals surface area contributed by atoms with E-state index in [0.717, 1.165) is 38.5 Å². The van der Waals surface area contributed by atoms with E-state index in [2.05, 4.69) is 32.5 Å². The largest absolute Gasteiger partial charge is 0.299 e. The van der Waals surface area contributed by atoms with Crippen LogP contribution in [0.5, 0.6) is 0 Å². The van der Waals surface area contributed by atoms with Crippen molar-refractivity contribution in [2.45, 2.75) is 77.4 Å². The number of Topliss-reactive ketones (excluding diaryl/α,β-unsaturated/α-hetero) is 1. The van der Waals surface area contributed by atoms with Crippen LogP contribution in [0.4, 0.5) is 0 Å². The molecule has 138 valence electrons. The summed E-state index contributed by atoms with van der Waals surface area (Å²) < 4.78 is 0. The van der Waals surface area contributed by atoms with Gasteiger partial charge in [-0.25, -0.2) is 0 Å². The maximum absolute atomic E-state index is 12.6. The average Bonchev–Trinajstić information content (AvgIpc) is 2.88. The topological polar surface area (TPSA) is 34.1 Å². The summed E-state index contributed by atoms with van der Waals surface area (Å²) in [6, 6.07) is 0. The first kappa shape index (κ1) is 17.8. The van der Waals surface area contributed by atoms with E-state index in [1.54, 1.807) is 0 Å². The Kier molecular flexibility index (Phi) is 4.46. The van der Waals surface area contributed by atoms with Gasteiger partial charge in [-0.05, 0) is 67.6 Å². The minimum atomic E-state index is -0.0424. The third-order valence-electron chi connectivity index (χ3n) is 8.07. The van der Waals surface area contributed by atoms with Crippen LogP contribution in [0, 0.1) is 28.6 Å². The molecule has 0 aromatic carbocycles. The molecule has 0 unspecified atom stereocenters. The normalized spacial score (nSPS) is 43.5. The number of rotatable bonds is 3. The number of carbonyl (C=O) groups excluding carboxylic acids is 2. The third kappa shape index (κ3) is 2.67. The fraction of sp³-hybridized carbons (Fsp3) is 0.818. The molecule has 4 aliphatic rings. The first-order valence-corrected chi connectivity index (χ1v) is 11.3. The average molecular weight is 361 g/mol. The van der Waals surface area contributed by atoms with Gasteiger partial charge in [-0.2, -0.15) is 11.8 Å². The molecule has 4 rings (SSSR count). The molecule has 0 aromatic heterocycles. The number of allylic oxidation sites excluding steroid dienone is 1. The molecule has 0 aliphatic heterocycles. The van der Waals surface area contributed by atoms with Gasteiger partial charge >= 0.3 is 0 Å². The van der Waals surface area contributed by atoms with Gasteiger partial charge in [0.1, 0.15) is 5.78 Å². The molecule has 5 atom stereocenters. The van der Waals surface area contributed by atoms with Crippen LogP contribution in [-0.2, 0) is 9.59 Å². The first-order valence-electron chi connectivity index (χ1n) is 10.3. The van der Waals surface area contributed by atoms with Crippen molar-refractivity contribution in [3.05, 3.63) is 11.6 Å². The molecule has 3 heteroatoms. The van der Waals surface area contributed by atoms with Gasteiger partial charge in [-0.1, -0.05) is 26.3 Å². The highest BCUT2D eigenvalue weighted by atomic mass is 32.2. The summed E-state index contributed by atoms with van der Waals surface area (Å²) in [5, 5.41) is 0.635. The summed E-state index contributed by atoms with van der Waals surface area (Å²) in [5.74, 6) is 4.03. The summed E-state index contributed by atoms with van der Waals surface area (Å²) in [5.41, 5.74) is 1.66. The van der Waals surface area contributed by atoms with Crippen LogP contribution in [0.2, 0.25) is 0 Å². The zero-order chi connectivity index (χ0) is 17.8. The molecule has 3 fully saturated rings. The van der Waals surface area contributed by atoms with Gasteiger partial charge in [0.15, 0.2) is 5.78 Å². The fourth-order valence-corrected chi connectivity index (χ4v) is 7.89. The van der Waals surface area contributed by atoms with Crippen molar-refractivity contribution in [3.63, 3.8) is 0 Å². The van der Waals surface area contributed by atoms with Crippen molar-refractivity contribution >= 4 is 23.3 Å². The Hall–Kier alpha value is -0.570. The highest BCUT2D eigenvalue weighted by molar-refractivity contribution is 7.99. The molecule has 0 aromatic rings. The van der Waals surface area contributed by atoms with Crippen molar-refractivity contribution < 1.29 is 9.59 Å². The molecular weight excluding hydrogens is 328 g/mol. The lowest BCUT2D eigenvalue weighted by atomic mass is 9.47. The molecule has 4 aliphatic carbocycles. The van der Waals surface area contributed by atoms with E-state index in [-0.39, 0.29) is 10.8 Å². The van der Waals surface area contributed by atoms with Gasteiger partial charge in [0.25, 0.3) is 0 Å². The van der Waals surface area contributed by atoms with E-state index in [9.17, 15) is 9.59 Å². The highest BCUT2D eigenvalue weighted by Gasteiger charge is 2.60. The standard InChI is InChI=1S/C22H32O2S/c1-14(2)25-13-22-11-8-16(23)12-15(22)4-5-17-18-6-7-20(24)21(18,3)10-9-19(17)22/h12,14,17-19H,4-11,13H2,1-3H3/t17-,18-,19-,21-,22+/m0/s1. The summed E-state index contributed by atoms with van der Waals surface area (Å²) in [6.45, 7) is 6.83. The predicted molar refractivity (Wildman–Crippen MR) is 104 cm³/mol. The van der Waals surface area contributed by atoms with E-state index in [4.69, 9.17) is 0 Å². The Morgan fingerprint density at radius 3 is 2.64 bits per heavy atom. The number of ketones is 2. The van der Waals surface area contributed by atoms with Crippen LogP contribution < -0.4 is 0 Å². The van der Waals surface area contributed by atoms with E-state index < -0.39 is 0 Å². The van der Waals surface area contributed by atoms with Crippen molar-refractivity contribution in [1.29, 1.82) is 0 Å². The smallest absolute Gasteiger partial charge is 0.155 e. The van der Waals surface area contributed by atoms with E-state index in [1.165, 1.54) is 24.2 Å². The minimum absolute atomic E-state index is 0.0424.